The van der Waals surface area contributed by atoms with Crippen molar-refractivity contribution in [2.24, 2.45) is 5.41 Å². The molecule has 1 aliphatic heterocycles. The van der Waals surface area contributed by atoms with Gasteiger partial charge in [-0.1, -0.05) is 13.8 Å². The average molecular weight is 174 g/mol. The molecule has 0 radical (unpaired) electrons. The Kier molecular flexibility index (Phi) is 2.02. The molecule has 2 N–H and O–H groups in total. The van der Waals surface area contributed by atoms with Crippen LogP contribution in [-0.2, 0) is 4.74 Å². The van der Waals surface area contributed by atoms with Gasteiger partial charge in [0.05, 0.1) is 13.2 Å². The van der Waals surface area contributed by atoms with Crippen molar-refractivity contribution < 1.29 is 14.9 Å². The molecule has 3 nitrogen and oxygen atoms in total. The fourth-order valence-corrected chi connectivity index (χ4v) is 1.54. The molecule has 0 aromatic carbocycles. The van der Waals surface area contributed by atoms with Crippen molar-refractivity contribution in [1.29, 1.82) is 0 Å². The number of hydrogen-bond donors (Lipinski definition) is 2. The van der Waals surface area contributed by atoms with Gasteiger partial charge in [0.1, 0.15) is 11.2 Å². The Balaban J connectivity index is 3.00. The molecular formula is C9H18O3. The molecule has 0 aromatic rings. The minimum atomic E-state index is -0.977. The van der Waals surface area contributed by atoms with Gasteiger partial charge < -0.3 is 14.9 Å². The Bertz CT molecular complexity index is 186. The van der Waals surface area contributed by atoms with E-state index in [-0.39, 0.29) is 12.0 Å². The van der Waals surface area contributed by atoms with E-state index in [2.05, 4.69) is 0 Å². The zero-order chi connectivity index (χ0) is 9.62. The Morgan fingerprint density at radius 3 is 1.92 bits per heavy atom. The second-order valence-corrected chi connectivity index (χ2v) is 4.63. The predicted octanol–water partition coefficient (Wildman–Crippen LogP) is 0.545. The molecule has 0 saturated carbocycles. The summed E-state index contributed by atoms with van der Waals surface area (Å²) in [5.74, 6) is 0. The Hall–Kier alpha value is -0.120. The molecule has 72 valence electrons. The van der Waals surface area contributed by atoms with Crippen molar-refractivity contribution in [3.8, 4) is 0 Å². The van der Waals surface area contributed by atoms with Crippen LogP contribution in [0.5, 0.6) is 0 Å². The SMILES string of the molecule is CC1(C)COC(C)(CO)C1(C)O. The number of aliphatic hydroxyl groups is 2. The third-order valence-electron chi connectivity index (χ3n) is 3.40. The van der Waals surface area contributed by atoms with Gasteiger partial charge in [0.25, 0.3) is 0 Å². The number of rotatable bonds is 1. The summed E-state index contributed by atoms with van der Waals surface area (Å²) in [6.45, 7) is 7.67. The summed E-state index contributed by atoms with van der Waals surface area (Å²) in [4.78, 5) is 0. The van der Waals surface area contributed by atoms with Crippen LogP contribution in [0.1, 0.15) is 27.7 Å². The van der Waals surface area contributed by atoms with Crippen LogP contribution in [0.15, 0.2) is 0 Å². The standard InChI is InChI=1S/C9H18O3/c1-7(2)6-12-8(3,5-10)9(7,4)11/h10-11H,5-6H2,1-4H3. The van der Waals surface area contributed by atoms with Gasteiger partial charge in [0.2, 0.25) is 0 Å². The quantitative estimate of drug-likeness (QED) is 0.610. The predicted molar refractivity (Wildman–Crippen MR) is 45.8 cm³/mol. The first-order chi connectivity index (χ1) is 5.27. The molecule has 2 unspecified atom stereocenters. The molecule has 1 rings (SSSR count). The van der Waals surface area contributed by atoms with Gasteiger partial charge in [-0.25, -0.2) is 0 Å². The lowest BCUT2D eigenvalue weighted by molar-refractivity contribution is -0.140. The lowest BCUT2D eigenvalue weighted by Gasteiger charge is -2.40. The van der Waals surface area contributed by atoms with Crippen molar-refractivity contribution in [2.45, 2.75) is 38.9 Å². The van der Waals surface area contributed by atoms with Crippen LogP contribution >= 0.6 is 0 Å². The Morgan fingerprint density at radius 2 is 1.75 bits per heavy atom. The van der Waals surface area contributed by atoms with Gasteiger partial charge in [0, 0.05) is 5.41 Å². The van der Waals surface area contributed by atoms with Crippen molar-refractivity contribution in [2.75, 3.05) is 13.2 Å². The summed E-state index contributed by atoms with van der Waals surface area (Å²) in [6, 6.07) is 0. The molecular weight excluding hydrogens is 156 g/mol. The van der Waals surface area contributed by atoms with Crippen LogP contribution in [0.4, 0.5) is 0 Å². The monoisotopic (exact) mass is 174 g/mol. The zero-order valence-electron chi connectivity index (χ0n) is 8.22. The van der Waals surface area contributed by atoms with E-state index in [1.807, 2.05) is 13.8 Å². The number of ether oxygens (including phenoxy) is 1. The minimum absolute atomic E-state index is 0.149. The first-order valence-electron chi connectivity index (χ1n) is 4.24. The van der Waals surface area contributed by atoms with Gasteiger partial charge in [-0.05, 0) is 13.8 Å². The first-order valence-corrected chi connectivity index (χ1v) is 4.24. The van der Waals surface area contributed by atoms with Crippen LogP contribution in [0.2, 0.25) is 0 Å². The average Bonchev–Trinajstić information content (AvgIpc) is 2.12. The van der Waals surface area contributed by atoms with Gasteiger partial charge >= 0.3 is 0 Å². The highest BCUT2D eigenvalue weighted by Crippen LogP contribution is 2.47. The topological polar surface area (TPSA) is 49.7 Å². The number of aliphatic hydroxyl groups excluding tert-OH is 1. The second-order valence-electron chi connectivity index (χ2n) is 4.63. The lowest BCUT2D eigenvalue weighted by Crippen LogP contribution is -2.55. The summed E-state index contributed by atoms with van der Waals surface area (Å²) >= 11 is 0. The van der Waals surface area contributed by atoms with E-state index in [1.54, 1.807) is 13.8 Å². The highest BCUT2D eigenvalue weighted by atomic mass is 16.5. The fraction of sp³-hybridized carbons (Fsp3) is 1.00. The van der Waals surface area contributed by atoms with Crippen LogP contribution in [0.3, 0.4) is 0 Å². The van der Waals surface area contributed by atoms with E-state index in [0.717, 1.165) is 0 Å². The third kappa shape index (κ3) is 1.00. The van der Waals surface area contributed by atoms with Crippen LogP contribution in [-0.4, -0.2) is 34.6 Å². The van der Waals surface area contributed by atoms with Crippen LogP contribution in [0, 0.1) is 5.41 Å². The molecule has 0 aromatic heterocycles. The molecule has 0 spiro atoms. The third-order valence-corrected chi connectivity index (χ3v) is 3.40. The summed E-state index contributed by atoms with van der Waals surface area (Å²) in [5, 5.41) is 19.3. The molecule has 1 heterocycles. The summed E-state index contributed by atoms with van der Waals surface area (Å²) in [5.41, 5.74) is -2.10. The number of hydrogen-bond acceptors (Lipinski definition) is 3. The smallest absolute Gasteiger partial charge is 0.117 e. The van der Waals surface area contributed by atoms with Crippen molar-refractivity contribution in [3.63, 3.8) is 0 Å². The molecule has 0 aliphatic carbocycles. The molecule has 0 bridgehead atoms. The Labute approximate surface area is 73.4 Å². The highest BCUT2D eigenvalue weighted by Gasteiger charge is 2.59. The van der Waals surface area contributed by atoms with Gasteiger partial charge in [-0.15, -0.1) is 0 Å². The van der Waals surface area contributed by atoms with E-state index >= 15 is 0 Å². The van der Waals surface area contributed by atoms with E-state index in [4.69, 9.17) is 9.84 Å². The summed E-state index contributed by atoms with van der Waals surface area (Å²) in [6.07, 6.45) is 0. The molecule has 0 amide bonds. The normalized spacial score (nSPS) is 46.5. The summed E-state index contributed by atoms with van der Waals surface area (Å²) in [7, 11) is 0. The van der Waals surface area contributed by atoms with Crippen LogP contribution < -0.4 is 0 Å². The van der Waals surface area contributed by atoms with Gasteiger partial charge in [-0.2, -0.15) is 0 Å². The van der Waals surface area contributed by atoms with E-state index < -0.39 is 11.2 Å². The lowest BCUT2D eigenvalue weighted by atomic mass is 9.70. The molecule has 12 heavy (non-hydrogen) atoms. The highest BCUT2D eigenvalue weighted by molar-refractivity contribution is 5.08. The summed E-state index contributed by atoms with van der Waals surface area (Å²) < 4.78 is 5.42. The minimum Gasteiger partial charge on any atom is -0.393 e. The second kappa shape index (κ2) is 2.44. The molecule has 2 atom stereocenters. The maximum atomic E-state index is 10.2. The van der Waals surface area contributed by atoms with Crippen molar-refractivity contribution >= 4 is 0 Å². The van der Waals surface area contributed by atoms with E-state index in [1.165, 1.54) is 0 Å². The van der Waals surface area contributed by atoms with Crippen LogP contribution in [0.25, 0.3) is 0 Å². The zero-order valence-corrected chi connectivity index (χ0v) is 8.22. The van der Waals surface area contributed by atoms with E-state index in [9.17, 15) is 5.11 Å². The largest absolute Gasteiger partial charge is 0.393 e. The fourth-order valence-electron chi connectivity index (χ4n) is 1.54. The molecule has 1 aliphatic rings. The molecule has 1 fully saturated rings. The molecule has 1 saturated heterocycles. The van der Waals surface area contributed by atoms with E-state index in [0.29, 0.717) is 6.61 Å². The maximum absolute atomic E-state index is 10.2. The van der Waals surface area contributed by atoms with Gasteiger partial charge in [-0.3, -0.25) is 0 Å². The van der Waals surface area contributed by atoms with Crippen molar-refractivity contribution in [3.05, 3.63) is 0 Å². The van der Waals surface area contributed by atoms with Gasteiger partial charge in [0.15, 0.2) is 0 Å². The first kappa shape index (κ1) is 9.96. The molecule has 3 heteroatoms. The maximum Gasteiger partial charge on any atom is 0.117 e. The van der Waals surface area contributed by atoms with Crippen molar-refractivity contribution in [1.82, 2.24) is 0 Å². The Morgan fingerprint density at radius 1 is 1.25 bits per heavy atom.